The van der Waals surface area contributed by atoms with Crippen molar-refractivity contribution in [3.05, 3.63) is 23.9 Å². The largest absolute Gasteiger partial charge is 0.372 e. The molecule has 0 bridgehead atoms. The van der Waals surface area contributed by atoms with Crippen LogP contribution in [0.1, 0.15) is 30.6 Å². The minimum absolute atomic E-state index is 0.00630. The molecule has 0 aliphatic heterocycles. The standard InChI is InChI=1S/C12H19N3O/c1-5-9(2)15(4)12(16)10-7-6-8-14-11(10)13-3/h6-9H,5H2,1-4H3,(H,13,14). The summed E-state index contributed by atoms with van der Waals surface area (Å²) in [6.07, 6.45) is 2.61. The molecule has 1 atom stereocenters. The third-order valence-corrected chi connectivity index (χ3v) is 2.85. The van der Waals surface area contributed by atoms with E-state index in [1.807, 2.05) is 14.0 Å². The first-order chi connectivity index (χ1) is 7.61. The molecule has 0 saturated carbocycles. The van der Waals surface area contributed by atoms with Gasteiger partial charge in [-0.15, -0.1) is 0 Å². The topological polar surface area (TPSA) is 45.2 Å². The monoisotopic (exact) mass is 221 g/mol. The summed E-state index contributed by atoms with van der Waals surface area (Å²) in [7, 11) is 3.59. The second-order valence-corrected chi connectivity index (χ2v) is 3.82. The van der Waals surface area contributed by atoms with Gasteiger partial charge in [0.1, 0.15) is 5.82 Å². The highest BCUT2D eigenvalue weighted by Crippen LogP contribution is 2.14. The van der Waals surface area contributed by atoms with Gasteiger partial charge in [-0.05, 0) is 25.5 Å². The van der Waals surface area contributed by atoms with Crippen LogP contribution in [0.2, 0.25) is 0 Å². The summed E-state index contributed by atoms with van der Waals surface area (Å²) < 4.78 is 0. The van der Waals surface area contributed by atoms with Gasteiger partial charge in [-0.25, -0.2) is 4.98 Å². The zero-order valence-electron chi connectivity index (χ0n) is 10.3. The molecular weight excluding hydrogens is 202 g/mol. The van der Waals surface area contributed by atoms with E-state index >= 15 is 0 Å². The van der Waals surface area contributed by atoms with E-state index in [1.54, 1.807) is 30.3 Å². The smallest absolute Gasteiger partial charge is 0.257 e. The quantitative estimate of drug-likeness (QED) is 0.845. The molecule has 1 unspecified atom stereocenters. The van der Waals surface area contributed by atoms with Crippen LogP contribution in [-0.2, 0) is 0 Å². The Bertz CT molecular complexity index is 365. The Hall–Kier alpha value is -1.58. The van der Waals surface area contributed by atoms with Crippen LogP contribution < -0.4 is 5.32 Å². The fraction of sp³-hybridized carbons (Fsp3) is 0.500. The van der Waals surface area contributed by atoms with Gasteiger partial charge in [0.2, 0.25) is 0 Å². The van der Waals surface area contributed by atoms with Gasteiger partial charge in [0, 0.05) is 26.3 Å². The molecule has 0 spiro atoms. The molecule has 0 saturated heterocycles. The second kappa shape index (κ2) is 5.49. The van der Waals surface area contributed by atoms with Crippen molar-refractivity contribution in [2.24, 2.45) is 0 Å². The summed E-state index contributed by atoms with van der Waals surface area (Å²) in [5, 5.41) is 2.93. The number of anilines is 1. The van der Waals surface area contributed by atoms with Crippen molar-refractivity contribution in [3.8, 4) is 0 Å². The Labute approximate surface area is 96.7 Å². The van der Waals surface area contributed by atoms with Crippen LogP contribution in [0, 0.1) is 0 Å². The molecular formula is C12H19N3O. The highest BCUT2D eigenvalue weighted by Gasteiger charge is 2.18. The van der Waals surface area contributed by atoms with Gasteiger partial charge in [0.05, 0.1) is 5.56 Å². The zero-order valence-corrected chi connectivity index (χ0v) is 10.3. The molecule has 4 heteroatoms. The lowest BCUT2D eigenvalue weighted by atomic mass is 10.1. The first-order valence-electron chi connectivity index (χ1n) is 5.51. The maximum absolute atomic E-state index is 12.2. The summed E-state index contributed by atoms with van der Waals surface area (Å²) in [4.78, 5) is 18.0. The number of hydrogen-bond acceptors (Lipinski definition) is 3. The van der Waals surface area contributed by atoms with E-state index in [2.05, 4.69) is 17.2 Å². The molecule has 0 aliphatic rings. The lowest BCUT2D eigenvalue weighted by molar-refractivity contribution is 0.0741. The number of aromatic nitrogens is 1. The van der Waals surface area contributed by atoms with Gasteiger partial charge in [0.15, 0.2) is 0 Å². The van der Waals surface area contributed by atoms with Crippen LogP contribution in [0.4, 0.5) is 5.82 Å². The molecule has 16 heavy (non-hydrogen) atoms. The van der Waals surface area contributed by atoms with E-state index in [4.69, 9.17) is 0 Å². The van der Waals surface area contributed by atoms with Gasteiger partial charge < -0.3 is 10.2 Å². The van der Waals surface area contributed by atoms with Crippen molar-refractivity contribution >= 4 is 11.7 Å². The predicted octanol–water partition coefficient (Wildman–Crippen LogP) is 1.99. The normalized spacial score (nSPS) is 12.0. The SMILES string of the molecule is CCC(C)N(C)C(=O)c1cccnc1NC. The molecule has 0 fully saturated rings. The summed E-state index contributed by atoms with van der Waals surface area (Å²) in [6, 6.07) is 3.80. The third kappa shape index (κ3) is 2.51. The summed E-state index contributed by atoms with van der Waals surface area (Å²) >= 11 is 0. The van der Waals surface area contributed by atoms with Gasteiger partial charge in [-0.1, -0.05) is 6.92 Å². The Morgan fingerprint density at radius 3 is 2.88 bits per heavy atom. The van der Waals surface area contributed by atoms with E-state index in [0.717, 1.165) is 6.42 Å². The highest BCUT2D eigenvalue weighted by molar-refractivity contribution is 5.98. The van der Waals surface area contributed by atoms with Crippen molar-refractivity contribution in [2.45, 2.75) is 26.3 Å². The number of pyridine rings is 1. The number of hydrogen-bond donors (Lipinski definition) is 1. The number of nitrogens with zero attached hydrogens (tertiary/aromatic N) is 2. The molecule has 0 aliphatic carbocycles. The van der Waals surface area contributed by atoms with Crippen molar-refractivity contribution in [3.63, 3.8) is 0 Å². The molecule has 4 nitrogen and oxygen atoms in total. The average Bonchev–Trinajstić information content (AvgIpc) is 2.35. The van der Waals surface area contributed by atoms with E-state index in [0.29, 0.717) is 11.4 Å². The molecule has 88 valence electrons. The van der Waals surface area contributed by atoms with E-state index in [1.165, 1.54) is 0 Å². The van der Waals surface area contributed by atoms with Crippen molar-refractivity contribution < 1.29 is 4.79 Å². The lowest BCUT2D eigenvalue weighted by Gasteiger charge is -2.24. The molecule has 0 aromatic carbocycles. The molecule has 1 rings (SSSR count). The summed E-state index contributed by atoms with van der Waals surface area (Å²) in [5.41, 5.74) is 0.618. The number of rotatable bonds is 4. The van der Waals surface area contributed by atoms with Crippen molar-refractivity contribution in [2.75, 3.05) is 19.4 Å². The van der Waals surface area contributed by atoms with Gasteiger partial charge in [-0.2, -0.15) is 0 Å². The van der Waals surface area contributed by atoms with Gasteiger partial charge >= 0.3 is 0 Å². The third-order valence-electron chi connectivity index (χ3n) is 2.85. The van der Waals surface area contributed by atoms with Crippen LogP contribution in [0.5, 0.6) is 0 Å². The van der Waals surface area contributed by atoms with E-state index in [-0.39, 0.29) is 11.9 Å². The van der Waals surface area contributed by atoms with Crippen LogP contribution in [0.15, 0.2) is 18.3 Å². The molecule has 1 aromatic heterocycles. The first kappa shape index (κ1) is 12.5. The molecule has 0 radical (unpaired) electrons. The Morgan fingerprint density at radius 2 is 2.31 bits per heavy atom. The van der Waals surface area contributed by atoms with Crippen LogP contribution in [-0.4, -0.2) is 35.9 Å². The summed E-state index contributed by atoms with van der Waals surface area (Å²) in [5.74, 6) is 0.634. The maximum Gasteiger partial charge on any atom is 0.257 e. The van der Waals surface area contributed by atoms with Gasteiger partial charge in [0.25, 0.3) is 5.91 Å². The Balaban J connectivity index is 2.95. The van der Waals surface area contributed by atoms with Crippen LogP contribution in [0.25, 0.3) is 0 Å². The molecule has 1 amide bonds. The number of carbonyl (C=O) groups excluding carboxylic acids is 1. The average molecular weight is 221 g/mol. The fourth-order valence-corrected chi connectivity index (χ4v) is 1.44. The fourth-order valence-electron chi connectivity index (χ4n) is 1.44. The minimum Gasteiger partial charge on any atom is -0.372 e. The van der Waals surface area contributed by atoms with Crippen molar-refractivity contribution in [1.29, 1.82) is 0 Å². The lowest BCUT2D eigenvalue weighted by Crippen LogP contribution is -2.35. The predicted molar refractivity (Wildman–Crippen MR) is 65.6 cm³/mol. The van der Waals surface area contributed by atoms with Crippen molar-refractivity contribution in [1.82, 2.24) is 9.88 Å². The number of amides is 1. The zero-order chi connectivity index (χ0) is 12.1. The maximum atomic E-state index is 12.2. The molecule has 1 N–H and O–H groups in total. The van der Waals surface area contributed by atoms with Gasteiger partial charge in [-0.3, -0.25) is 4.79 Å². The Morgan fingerprint density at radius 1 is 1.62 bits per heavy atom. The molecule has 1 aromatic rings. The second-order valence-electron chi connectivity index (χ2n) is 3.82. The first-order valence-corrected chi connectivity index (χ1v) is 5.51. The van der Waals surface area contributed by atoms with E-state index in [9.17, 15) is 4.79 Å². The minimum atomic E-state index is 0.00630. The number of nitrogens with one attached hydrogen (secondary N) is 1. The Kier molecular flexibility index (Phi) is 4.28. The van der Waals surface area contributed by atoms with E-state index < -0.39 is 0 Å². The van der Waals surface area contributed by atoms with Crippen LogP contribution in [0.3, 0.4) is 0 Å². The number of carbonyl (C=O) groups is 1. The van der Waals surface area contributed by atoms with Crippen LogP contribution >= 0.6 is 0 Å². The summed E-state index contributed by atoms with van der Waals surface area (Å²) in [6.45, 7) is 4.10. The molecule has 1 heterocycles. The highest BCUT2D eigenvalue weighted by atomic mass is 16.2.